The summed E-state index contributed by atoms with van der Waals surface area (Å²) in [4.78, 5) is 41.3. The van der Waals surface area contributed by atoms with Crippen LogP contribution >= 0.6 is 0 Å². The summed E-state index contributed by atoms with van der Waals surface area (Å²) in [6, 6.07) is 1.78. The zero-order valence-electron chi connectivity index (χ0n) is 9.10. The number of rotatable bonds is 3. The van der Waals surface area contributed by atoms with Crippen molar-refractivity contribution in [3.8, 4) is 0 Å². The first-order chi connectivity index (χ1) is 8.06. The average molecular weight is 234 g/mol. The van der Waals surface area contributed by atoms with Crippen molar-refractivity contribution in [1.29, 1.82) is 0 Å². The number of hydroxylamine groups is 2. The highest BCUT2D eigenvalue weighted by Gasteiger charge is 2.27. The molecule has 1 aromatic rings. The lowest BCUT2D eigenvalue weighted by Gasteiger charge is -2.11. The molecule has 0 saturated carbocycles. The van der Waals surface area contributed by atoms with E-state index in [4.69, 9.17) is 0 Å². The van der Waals surface area contributed by atoms with E-state index in [0.717, 1.165) is 23.4 Å². The molecule has 1 aliphatic heterocycles. The van der Waals surface area contributed by atoms with Crippen molar-refractivity contribution >= 4 is 17.8 Å². The molecule has 2 amide bonds. The number of hydrogen-bond donors (Lipinski definition) is 1. The Morgan fingerprint density at radius 1 is 1.35 bits per heavy atom. The summed E-state index contributed by atoms with van der Waals surface area (Å²) in [5.41, 5.74) is 1.65. The minimum Gasteiger partial charge on any atom is -0.365 e. The molecule has 88 valence electrons. The molecule has 0 saturated heterocycles. The van der Waals surface area contributed by atoms with Crippen molar-refractivity contribution in [2.45, 2.75) is 13.3 Å². The molecule has 1 aromatic heterocycles. The fourth-order valence-corrected chi connectivity index (χ4v) is 1.45. The van der Waals surface area contributed by atoms with Crippen LogP contribution in [0.2, 0.25) is 0 Å². The van der Waals surface area contributed by atoms with E-state index in [1.807, 2.05) is 6.92 Å². The van der Waals surface area contributed by atoms with Crippen LogP contribution in [0.25, 0.3) is 0 Å². The number of carbonyl (C=O) groups excluding carboxylic acids is 3. The summed E-state index contributed by atoms with van der Waals surface area (Å²) >= 11 is 0. The zero-order valence-corrected chi connectivity index (χ0v) is 9.10. The van der Waals surface area contributed by atoms with Crippen molar-refractivity contribution in [2.24, 2.45) is 0 Å². The van der Waals surface area contributed by atoms with Gasteiger partial charge in [-0.2, -0.15) is 0 Å². The monoisotopic (exact) mass is 234 g/mol. The van der Waals surface area contributed by atoms with Crippen LogP contribution in [0.4, 0.5) is 0 Å². The van der Waals surface area contributed by atoms with Crippen LogP contribution in [0.15, 0.2) is 24.4 Å². The molecule has 0 radical (unpaired) electrons. The molecule has 0 spiro atoms. The maximum absolute atomic E-state index is 11.5. The average Bonchev–Trinajstić information content (AvgIpc) is 2.79. The molecule has 1 N–H and O–H groups in total. The van der Waals surface area contributed by atoms with Crippen LogP contribution < -0.4 is 0 Å². The molecule has 0 aromatic carbocycles. The van der Waals surface area contributed by atoms with Gasteiger partial charge < -0.3 is 9.82 Å². The number of carbonyl (C=O) groups is 3. The molecule has 0 atom stereocenters. The highest BCUT2D eigenvalue weighted by molar-refractivity contribution is 6.12. The molecule has 2 heterocycles. The molecule has 6 heteroatoms. The fourth-order valence-electron chi connectivity index (χ4n) is 1.45. The molecule has 0 aliphatic carbocycles. The zero-order chi connectivity index (χ0) is 12.4. The third-order valence-corrected chi connectivity index (χ3v) is 2.20. The van der Waals surface area contributed by atoms with Gasteiger partial charge >= 0.3 is 5.97 Å². The standard InChI is InChI=1S/C11H10N2O4/c1-7-4-8(6-12-7)5-11(16)17-13-9(14)2-3-10(13)15/h2-4,6,12H,5H2,1H3. The molecule has 17 heavy (non-hydrogen) atoms. The molecule has 6 nitrogen and oxygen atoms in total. The summed E-state index contributed by atoms with van der Waals surface area (Å²) in [7, 11) is 0. The van der Waals surface area contributed by atoms with Gasteiger partial charge in [-0.25, -0.2) is 4.79 Å². The Morgan fingerprint density at radius 3 is 2.53 bits per heavy atom. The van der Waals surface area contributed by atoms with Crippen LogP contribution in [0.1, 0.15) is 11.3 Å². The third-order valence-electron chi connectivity index (χ3n) is 2.20. The van der Waals surface area contributed by atoms with Gasteiger partial charge in [0.1, 0.15) is 0 Å². The molecular weight excluding hydrogens is 224 g/mol. The Bertz CT molecular complexity index is 497. The van der Waals surface area contributed by atoms with Crippen molar-refractivity contribution in [3.05, 3.63) is 35.7 Å². The van der Waals surface area contributed by atoms with Gasteiger partial charge in [0, 0.05) is 24.0 Å². The number of nitrogens with one attached hydrogen (secondary N) is 1. The lowest BCUT2D eigenvalue weighted by Crippen LogP contribution is -2.33. The number of imide groups is 1. The van der Waals surface area contributed by atoms with E-state index >= 15 is 0 Å². The second-order valence-electron chi connectivity index (χ2n) is 3.64. The minimum absolute atomic E-state index is 0.00139. The van der Waals surface area contributed by atoms with Gasteiger partial charge in [-0.3, -0.25) is 9.59 Å². The topological polar surface area (TPSA) is 79.5 Å². The SMILES string of the molecule is Cc1cc(CC(=O)ON2C(=O)C=CC2=O)c[nH]1. The van der Waals surface area contributed by atoms with Gasteiger partial charge in [0.2, 0.25) is 0 Å². The van der Waals surface area contributed by atoms with E-state index in [9.17, 15) is 14.4 Å². The highest BCUT2D eigenvalue weighted by Crippen LogP contribution is 2.08. The van der Waals surface area contributed by atoms with Crippen LogP contribution in [0.3, 0.4) is 0 Å². The third kappa shape index (κ3) is 2.41. The lowest BCUT2D eigenvalue weighted by molar-refractivity contribution is -0.195. The van der Waals surface area contributed by atoms with Crippen LogP contribution in [0, 0.1) is 6.92 Å². The maximum atomic E-state index is 11.5. The van der Waals surface area contributed by atoms with Crippen LogP contribution in [-0.2, 0) is 25.6 Å². The fraction of sp³-hybridized carbons (Fsp3) is 0.182. The highest BCUT2D eigenvalue weighted by atomic mass is 16.7. The van der Waals surface area contributed by atoms with Crippen molar-refractivity contribution < 1.29 is 19.2 Å². The van der Waals surface area contributed by atoms with Crippen molar-refractivity contribution in [3.63, 3.8) is 0 Å². The summed E-state index contributed by atoms with van der Waals surface area (Å²) in [5.74, 6) is -1.95. The first kappa shape index (κ1) is 11.1. The van der Waals surface area contributed by atoms with Crippen LogP contribution in [0.5, 0.6) is 0 Å². The first-order valence-electron chi connectivity index (χ1n) is 4.97. The number of nitrogens with zero attached hydrogens (tertiary/aromatic N) is 1. The smallest absolute Gasteiger partial charge is 0.337 e. The first-order valence-corrected chi connectivity index (χ1v) is 4.97. The van der Waals surface area contributed by atoms with E-state index in [1.54, 1.807) is 12.3 Å². The predicted octanol–water partition coefficient (Wildman–Crippen LogP) is 0.249. The largest absolute Gasteiger partial charge is 0.365 e. The summed E-state index contributed by atoms with van der Waals surface area (Å²) in [6.07, 6.45) is 3.77. The normalized spacial score (nSPS) is 14.5. The summed E-state index contributed by atoms with van der Waals surface area (Å²) in [6.45, 7) is 1.85. The van der Waals surface area contributed by atoms with Crippen molar-refractivity contribution in [1.82, 2.24) is 10.0 Å². The number of aryl methyl sites for hydroxylation is 1. The summed E-state index contributed by atoms with van der Waals surface area (Å²) < 4.78 is 0. The number of aromatic nitrogens is 1. The Hall–Kier alpha value is -2.37. The molecule has 0 fully saturated rings. The Labute approximate surface area is 96.8 Å². The number of amides is 2. The predicted molar refractivity (Wildman–Crippen MR) is 56.3 cm³/mol. The molecular formula is C11H10N2O4. The summed E-state index contributed by atoms with van der Waals surface area (Å²) in [5, 5.41) is 0.446. The number of hydrogen-bond acceptors (Lipinski definition) is 4. The molecule has 0 bridgehead atoms. The van der Waals surface area contributed by atoms with Gasteiger partial charge in [0.15, 0.2) is 0 Å². The quantitative estimate of drug-likeness (QED) is 0.760. The second-order valence-corrected chi connectivity index (χ2v) is 3.64. The van der Waals surface area contributed by atoms with E-state index in [-0.39, 0.29) is 6.42 Å². The number of H-pyrrole nitrogens is 1. The van der Waals surface area contributed by atoms with E-state index in [1.165, 1.54) is 0 Å². The van der Waals surface area contributed by atoms with Crippen LogP contribution in [-0.4, -0.2) is 27.8 Å². The van der Waals surface area contributed by atoms with Gasteiger partial charge in [0.05, 0.1) is 6.42 Å². The Balaban J connectivity index is 1.94. The Kier molecular flexibility index (Phi) is 2.78. The van der Waals surface area contributed by atoms with E-state index in [0.29, 0.717) is 5.06 Å². The number of aromatic amines is 1. The lowest BCUT2D eigenvalue weighted by atomic mass is 10.2. The molecule has 2 rings (SSSR count). The molecule has 0 unspecified atom stereocenters. The van der Waals surface area contributed by atoms with Gasteiger partial charge in [-0.15, -0.1) is 0 Å². The van der Waals surface area contributed by atoms with Crippen molar-refractivity contribution in [2.75, 3.05) is 0 Å². The van der Waals surface area contributed by atoms with Gasteiger partial charge in [-0.1, -0.05) is 5.06 Å². The maximum Gasteiger partial charge on any atom is 0.337 e. The Morgan fingerprint density at radius 2 is 2.00 bits per heavy atom. The van der Waals surface area contributed by atoms with Gasteiger partial charge in [0.25, 0.3) is 11.8 Å². The minimum atomic E-state index is -0.658. The van der Waals surface area contributed by atoms with E-state index in [2.05, 4.69) is 9.82 Å². The molecule has 1 aliphatic rings. The van der Waals surface area contributed by atoms with Gasteiger partial charge in [-0.05, 0) is 18.6 Å². The van der Waals surface area contributed by atoms with E-state index < -0.39 is 17.8 Å². The second kappa shape index (κ2) is 4.25.